The Hall–Kier alpha value is -0.730. The molecule has 0 amide bonds. The standard InChI is InChI=1S/C14H21ClN2/c1-3-12(2)16-7-9-17(10-8-16)14-6-4-5-13(15)11-14/h4-6,11-12H,3,7-10H2,1-2H3. The van der Waals surface area contributed by atoms with Crippen molar-refractivity contribution in [2.75, 3.05) is 31.1 Å². The van der Waals surface area contributed by atoms with Crippen molar-refractivity contribution in [2.45, 2.75) is 26.3 Å². The summed E-state index contributed by atoms with van der Waals surface area (Å²) in [5.41, 5.74) is 1.25. The van der Waals surface area contributed by atoms with E-state index < -0.39 is 0 Å². The van der Waals surface area contributed by atoms with Gasteiger partial charge < -0.3 is 4.90 Å². The summed E-state index contributed by atoms with van der Waals surface area (Å²) in [7, 11) is 0. The molecule has 0 bridgehead atoms. The van der Waals surface area contributed by atoms with Gasteiger partial charge in [-0.3, -0.25) is 4.90 Å². The lowest BCUT2D eigenvalue weighted by atomic mass is 10.2. The van der Waals surface area contributed by atoms with Crippen LogP contribution in [0.25, 0.3) is 0 Å². The molecule has 94 valence electrons. The zero-order valence-electron chi connectivity index (χ0n) is 10.7. The maximum absolute atomic E-state index is 6.03. The molecular weight excluding hydrogens is 232 g/mol. The van der Waals surface area contributed by atoms with Crippen LogP contribution in [-0.4, -0.2) is 37.1 Å². The fourth-order valence-corrected chi connectivity index (χ4v) is 2.54. The molecule has 1 aliphatic heterocycles. The average Bonchev–Trinajstić information content (AvgIpc) is 2.38. The minimum absolute atomic E-state index is 0.705. The molecule has 0 radical (unpaired) electrons. The van der Waals surface area contributed by atoms with Crippen molar-refractivity contribution in [2.24, 2.45) is 0 Å². The van der Waals surface area contributed by atoms with E-state index in [0.29, 0.717) is 6.04 Å². The normalized spacial score (nSPS) is 19.4. The van der Waals surface area contributed by atoms with Crippen LogP contribution in [0, 0.1) is 0 Å². The van der Waals surface area contributed by atoms with Crippen LogP contribution in [0.3, 0.4) is 0 Å². The summed E-state index contributed by atoms with van der Waals surface area (Å²) in [5.74, 6) is 0. The fourth-order valence-electron chi connectivity index (χ4n) is 2.35. The SMILES string of the molecule is CCC(C)N1CCN(c2cccc(Cl)c2)CC1. The Bertz CT molecular complexity index is 359. The van der Waals surface area contributed by atoms with Gasteiger partial charge in [0, 0.05) is 42.9 Å². The molecule has 1 aromatic rings. The number of piperazine rings is 1. The number of hydrogen-bond acceptors (Lipinski definition) is 2. The molecule has 17 heavy (non-hydrogen) atoms. The Kier molecular flexibility index (Phi) is 4.30. The summed E-state index contributed by atoms with van der Waals surface area (Å²) in [6, 6.07) is 8.86. The van der Waals surface area contributed by atoms with Gasteiger partial charge in [-0.25, -0.2) is 0 Å². The van der Waals surface area contributed by atoms with Crippen LogP contribution in [0.5, 0.6) is 0 Å². The first-order valence-electron chi connectivity index (χ1n) is 6.45. The second-order valence-corrected chi connectivity index (χ2v) is 5.20. The van der Waals surface area contributed by atoms with Crippen LogP contribution in [-0.2, 0) is 0 Å². The zero-order chi connectivity index (χ0) is 12.3. The monoisotopic (exact) mass is 252 g/mol. The molecule has 3 heteroatoms. The van der Waals surface area contributed by atoms with E-state index in [9.17, 15) is 0 Å². The number of anilines is 1. The van der Waals surface area contributed by atoms with Crippen molar-refractivity contribution in [3.63, 3.8) is 0 Å². The molecule has 1 saturated heterocycles. The van der Waals surface area contributed by atoms with E-state index in [2.05, 4.69) is 35.8 Å². The molecular formula is C14H21ClN2. The molecule has 0 spiro atoms. The maximum Gasteiger partial charge on any atom is 0.0426 e. The van der Waals surface area contributed by atoms with E-state index in [4.69, 9.17) is 11.6 Å². The van der Waals surface area contributed by atoms with Gasteiger partial charge >= 0.3 is 0 Å². The maximum atomic E-state index is 6.03. The van der Waals surface area contributed by atoms with Gasteiger partial charge in [-0.1, -0.05) is 24.6 Å². The topological polar surface area (TPSA) is 6.48 Å². The van der Waals surface area contributed by atoms with Gasteiger partial charge in [0.1, 0.15) is 0 Å². The summed E-state index contributed by atoms with van der Waals surface area (Å²) in [4.78, 5) is 4.99. The number of nitrogens with zero attached hydrogens (tertiary/aromatic N) is 2. The predicted octanol–water partition coefficient (Wildman–Crippen LogP) is 3.26. The summed E-state index contributed by atoms with van der Waals surface area (Å²) in [5, 5.41) is 0.826. The molecule has 1 heterocycles. The lowest BCUT2D eigenvalue weighted by Gasteiger charge is -2.39. The van der Waals surface area contributed by atoms with Crippen molar-refractivity contribution >= 4 is 17.3 Å². The quantitative estimate of drug-likeness (QED) is 0.815. The smallest absolute Gasteiger partial charge is 0.0426 e. The summed E-state index contributed by atoms with van der Waals surface area (Å²) >= 11 is 6.03. The first kappa shape index (κ1) is 12.7. The Morgan fingerprint density at radius 2 is 1.94 bits per heavy atom. The van der Waals surface area contributed by atoms with Crippen molar-refractivity contribution in [1.29, 1.82) is 0 Å². The fraction of sp³-hybridized carbons (Fsp3) is 0.571. The van der Waals surface area contributed by atoms with Crippen LogP contribution in [0.15, 0.2) is 24.3 Å². The highest BCUT2D eigenvalue weighted by molar-refractivity contribution is 6.30. The van der Waals surface area contributed by atoms with Gasteiger partial charge in [0.25, 0.3) is 0 Å². The third-order valence-electron chi connectivity index (χ3n) is 3.70. The highest BCUT2D eigenvalue weighted by Gasteiger charge is 2.20. The van der Waals surface area contributed by atoms with Crippen LogP contribution in [0.1, 0.15) is 20.3 Å². The third-order valence-corrected chi connectivity index (χ3v) is 3.94. The highest BCUT2D eigenvalue weighted by Crippen LogP contribution is 2.21. The number of hydrogen-bond donors (Lipinski definition) is 0. The zero-order valence-corrected chi connectivity index (χ0v) is 11.5. The molecule has 1 aromatic carbocycles. The number of benzene rings is 1. The van der Waals surface area contributed by atoms with Gasteiger partial charge in [-0.05, 0) is 31.5 Å². The first-order valence-corrected chi connectivity index (χ1v) is 6.83. The van der Waals surface area contributed by atoms with Crippen molar-refractivity contribution in [3.8, 4) is 0 Å². The first-order chi connectivity index (χ1) is 8.20. The molecule has 0 aliphatic carbocycles. The number of halogens is 1. The summed E-state index contributed by atoms with van der Waals surface area (Å²) in [6.45, 7) is 9.08. The minimum atomic E-state index is 0.705. The molecule has 1 atom stereocenters. The molecule has 2 rings (SSSR count). The largest absolute Gasteiger partial charge is 0.369 e. The molecule has 1 unspecified atom stereocenters. The second-order valence-electron chi connectivity index (χ2n) is 4.76. The predicted molar refractivity (Wildman–Crippen MR) is 75.0 cm³/mol. The Labute approximate surface area is 109 Å². The molecule has 2 nitrogen and oxygen atoms in total. The minimum Gasteiger partial charge on any atom is -0.369 e. The van der Waals surface area contributed by atoms with E-state index in [1.807, 2.05) is 12.1 Å². The van der Waals surface area contributed by atoms with Gasteiger partial charge in [-0.2, -0.15) is 0 Å². The Balaban J connectivity index is 1.95. The summed E-state index contributed by atoms with van der Waals surface area (Å²) < 4.78 is 0. The average molecular weight is 253 g/mol. The van der Waals surface area contributed by atoms with E-state index >= 15 is 0 Å². The lowest BCUT2D eigenvalue weighted by molar-refractivity contribution is 0.193. The van der Waals surface area contributed by atoms with Crippen LogP contribution in [0.2, 0.25) is 5.02 Å². The Morgan fingerprint density at radius 3 is 2.53 bits per heavy atom. The van der Waals surface area contributed by atoms with Crippen molar-refractivity contribution in [3.05, 3.63) is 29.3 Å². The molecule has 0 N–H and O–H groups in total. The van der Waals surface area contributed by atoms with Gasteiger partial charge in [-0.15, -0.1) is 0 Å². The number of rotatable bonds is 3. The van der Waals surface area contributed by atoms with E-state index in [1.165, 1.54) is 12.1 Å². The van der Waals surface area contributed by atoms with Gasteiger partial charge in [0.15, 0.2) is 0 Å². The third kappa shape index (κ3) is 3.14. The van der Waals surface area contributed by atoms with Gasteiger partial charge in [0.05, 0.1) is 0 Å². The molecule has 1 fully saturated rings. The summed E-state index contributed by atoms with van der Waals surface area (Å²) in [6.07, 6.45) is 1.23. The van der Waals surface area contributed by atoms with Crippen molar-refractivity contribution < 1.29 is 0 Å². The van der Waals surface area contributed by atoms with Crippen LogP contribution < -0.4 is 4.90 Å². The van der Waals surface area contributed by atoms with E-state index in [0.717, 1.165) is 31.2 Å². The van der Waals surface area contributed by atoms with Crippen LogP contribution in [0.4, 0.5) is 5.69 Å². The molecule has 0 saturated carbocycles. The van der Waals surface area contributed by atoms with Crippen LogP contribution >= 0.6 is 11.6 Å². The highest BCUT2D eigenvalue weighted by atomic mass is 35.5. The molecule has 0 aromatic heterocycles. The second kappa shape index (κ2) is 5.74. The van der Waals surface area contributed by atoms with E-state index in [1.54, 1.807) is 0 Å². The van der Waals surface area contributed by atoms with Crippen molar-refractivity contribution in [1.82, 2.24) is 4.90 Å². The van der Waals surface area contributed by atoms with Gasteiger partial charge in [0.2, 0.25) is 0 Å². The molecule has 1 aliphatic rings. The van der Waals surface area contributed by atoms with E-state index in [-0.39, 0.29) is 0 Å². The lowest BCUT2D eigenvalue weighted by Crippen LogP contribution is -2.49. The Morgan fingerprint density at radius 1 is 1.24 bits per heavy atom.